The number of methoxy groups -OCH3 is 1. The van der Waals surface area contributed by atoms with Gasteiger partial charge >= 0.3 is 5.97 Å². The summed E-state index contributed by atoms with van der Waals surface area (Å²) in [5.74, 6) is -0.0881. The van der Waals surface area contributed by atoms with Crippen molar-refractivity contribution in [3.05, 3.63) is 84.4 Å². The van der Waals surface area contributed by atoms with Gasteiger partial charge in [0.1, 0.15) is 5.75 Å². The minimum Gasteiger partial charge on any atom is -0.481 e. The molecule has 0 unspecified atom stereocenters. The molecular weight excluding hydrogens is 354 g/mol. The molecule has 0 aliphatic rings. The second-order valence-corrected chi connectivity index (χ2v) is 6.21. The number of nitrogens with one attached hydrogen (secondary N) is 1. The van der Waals surface area contributed by atoms with Gasteiger partial charge in [-0.15, -0.1) is 0 Å². The van der Waals surface area contributed by atoms with E-state index in [9.17, 15) is 9.59 Å². The van der Waals surface area contributed by atoms with Gasteiger partial charge in [-0.2, -0.15) is 0 Å². The van der Waals surface area contributed by atoms with Crippen molar-refractivity contribution in [3.63, 3.8) is 0 Å². The Kier molecular flexibility index (Phi) is 6.07. The van der Waals surface area contributed by atoms with E-state index in [1.165, 1.54) is 7.11 Å². The lowest BCUT2D eigenvalue weighted by atomic mass is 10.1. The number of hydrogen-bond donors (Lipinski definition) is 1. The Balaban J connectivity index is 1.59. The maximum Gasteiger partial charge on any atom is 0.337 e. The molecule has 0 bridgehead atoms. The van der Waals surface area contributed by atoms with Crippen molar-refractivity contribution in [1.82, 2.24) is 0 Å². The van der Waals surface area contributed by atoms with Crippen molar-refractivity contribution in [2.75, 3.05) is 12.4 Å². The largest absolute Gasteiger partial charge is 0.481 e. The van der Waals surface area contributed by atoms with E-state index in [-0.39, 0.29) is 5.91 Å². The smallest absolute Gasteiger partial charge is 0.337 e. The van der Waals surface area contributed by atoms with E-state index in [2.05, 4.69) is 10.1 Å². The summed E-state index contributed by atoms with van der Waals surface area (Å²) in [5, 5.41) is 2.77. The number of hydrogen-bond acceptors (Lipinski definition) is 4. The van der Waals surface area contributed by atoms with E-state index in [1.807, 2.05) is 54.6 Å². The Hall–Kier alpha value is -3.60. The standard InChI is InChI=1S/C23H21NO4/c1-16(22(25)24-20-12-8-19(9-13-20)23(26)27-2)28-21-14-10-18(11-15-21)17-6-4-3-5-7-17/h3-16H,1-2H3,(H,24,25)/t16-/m0/s1. The molecule has 5 nitrogen and oxygen atoms in total. The maximum atomic E-state index is 12.4. The Labute approximate surface area is 163 Å². The summed E-state index contributed by atoms with van der Waals surface area (Å²) >= 11 is 0. The molecule has 3 aromatic carbocycles. The first-order chi connectivity index (χ1) is 13.6. The van der Waals surface area contributed by atoms with Gasteiger partial charge in [0.15, 0.2) is 6.10 Å². The zero-order valence-electron chi connectivity index (χ0n) is 15.7. The maximum absolute atomic E-state index is 12.4. The second kappa shape index (κ2) is 8.86. The zero-order valence-corrected chi connectivity index (χ0v) is 15.7. The molecule has 1 N–H and O–H groups in total. The highest BCUT2D eigenvalue weighted by atomic mass is 16.5. The lowest BCUT2D eigenvalue weighted by Crippen LogP contribution is -2.30. The Morgan fingerprint density at radius 3 is 2.04 bits per heavy atom. The van der Waals surface area contributed by atoms with Crippen LogP contribution in [0.15, 0.2) is 78.9 Å². The summed E-state index contributed by atoms with van der Waals surface area (Å²) in [5.41, 5.74) is 3.20. The van der Waals surface area contributed by atoms with Crippen LogP contribution in [-0.2, 0) is 9.53 Å². The third-order valence-electron chi connectivity index (χ3n) is 4.22. The highest BCUT2D eigenvalue weighted by Crippen LogP contribution is 2.23. The summed E-state index contributed by atoms with van der Waals surface area (Å²) in [4.78, 5) is 23.8. The molecule has 0 aliphatic heterocycles. The van der Waals surface area contributed by atoms with Gasteiger partial charge in [-0.05, 0) is 54.4 Å². The lowest BCUT2D eigenvalue weighted by molar-refractivity contribution is -0.122. The van der Waals surface area contributed by atoms with E-state index in [1.54, 1.807) is 31.2 Å². The van der Waals surface area contributed by atoms with Gasteiger partial charge in [0.2, 0.25) is 0 Å². The minimum absolute atomic E-state index is 0.280. The lowest BCUT2D eigenvalue weighted by Gasteiger charge is -2.15. The fourth-order valence-corrected chi connectivity index (χ4v) is 2.67. The second-order valence-electron chi connectivity index (χ2n) is 6.21. The minimum atomic E-state index is -0.678. The molecule has 3 aromatic rings. The van der Waals surface area contributed by atoms with Gasteiger partial charge in [0.05, 0.1) is 12.7 Å². The van der Waals surface area contributed by atoms with Crippen LogP contribution in [-0.4, -0.2) is 25.1 Å². The van der Waals surface area contributed by atoms with Crippen molar-refractivity contribution in [2.24, 2.45) is 0 Å². The van der Waals surface area contributed by atoms with Crippen molar-refractivity contribution < 1.29 is 19.1 Å². The average Bonchev–Trinajstić information content (AvgIpc) is 2.75. The Morgan fingerprint density at radius 1 is 0.821 bits per heavy atom. The summed E-state index contributed by atoms with van der Waals surface area (Å²) in [6.45, 7) is 1.68. The van der Waals surface area contributed by atoms with E-state index < -0.39 is 12.1 Å². The van der Waals surface area contributed by atoms with Crippen LogP contribution in [0.4, 0.5) is 5.69 Å². The molecule has 3 rings (SSSR count). The number of benzene rings is 3. The molecule has 0 heterocycles. The van der Waals surface area contributed by atoms with E-state index in [4.69, 9.17) is 4.74 Å². The summed E-state index contributed by atoms with van der Waals surface area (Å²) < 4.78 is 10.4. The molecule has 1 atom stereocenters. The van der Waals surface area contributed by atoms with Crippen molar-refractivity contribution in [1.29, 1.82) is 0 Å². The number of ether oxygens (including phenoxy) is 2. The predicted molar refractivity (Wildman–Crippen MR) is 108 cm³/mol. The molecule has 1 amide bonds. The quantitative estimate of drug-likeness (QED) is 0.642. The SMILES string of the molecule is COC(=O)c1ccc(NC(=O)[C@H](C)Oc2ccc(-c3ccccc3)cc2)cc1. The van der Waals surface area contributed by atoms with Crippen LogP contribution < -0.4 is 10.1 Å². The average molecular weight is 375 g/mol. The van der Waals surface area contributed by atoms with Crippen LogP contribution in [0.5, 0.6) is 5.75 Å². The van der Waals surface area contributed by atoms with Crippen LogP contribution in [0.3, 0.4) is 0 Å². The van der Waals surface area contributed by atoms with Gasteiger partial charge in [-0.1, -0.05) is 42.5 Å². The van der Waals surface area contributed by atoms with Gasteiger partial charge in [-0.25, -0.2) is 4.79 Å². The van der Waals surface area contributed by atoms with Crippen LogP contribution in [0, 0.1) is 0 Å². The molecule has 0 aromatic heterocycles. The monoisotopic (exact) mass is 375 g/mol. The number of amides is 1. The predicted octanol–water partition coefficient (Wildman–Crippen LogP) is 4.55. The van der Waals surface area contributed by atoms with Crippen LogP contribution in [0.1, 0.15) is 17.3 Å². The first kappa shape index (κ1) is 19.2. The van der Waals surface area contributed by atoms with Gasteiger partial charge in [0, 0.05) is 5.69 Å². The van der Waals surface area contributed by atoms with Crippen molar-refractivity contribution in [3.8, 4) is 16.9 Å². The third-order valence-corrected chi connectivity index (χ3v) is 4.22. The summed E-state index contributed by atoms with van der Waals surface area (Å²) in [6.07, 6.45) is -0.678. The van der Waals surface area contributed by atoms with E-state index in [0.29, 0.717) is 17.0 Å². The first-order valence-corrected chi connectivity index (χ1v) is 8.88. The van der Waals surface area contributed by atoms with Gasteiger partial charge in [0.25, 0.3) is 5.91 Å². The fraction of sp³-hybridized carbons (Fsp3) is 0.130. The topological polar surface area (TPSA) is 64.6 Å². The molecule has 0 aliphatic carbocycles. The fourth-order valence-electron chi connectivity index (χ4n) is 2.67. The normalized spacial score (nSPS) is 11.4. The molecule has 0 saturated carbocycles. The van der Waals surface area contributed by atoms with Crippen molar-refractivity contribution >= 4 is 17.6 Å². The number of carbonyl (C=O) groups is 2. The van der Waals surface area contributed by atoms with Gasteiger partial charge < -0.3 is 14.8 Å². The molecular formula is C23H21NO4. The molecule has 28 heavy (non-hydrogen) atoms. The van der Waals surface area contributed by atoms with Crippen LogP contribution >= 0.6 is 0 Å². The summed E-state index contributed by atoms with van der Waals surface area (Å²) in [6, 6.07) is 24.1. The van der Waals surface area contributed by atoms with E-state index in [0.717, 1.165) is 11.1 Å². The highest BCUT2D eigenvalue weighted by Gasteiger charge is 2.15. The first-order valence-electron chi connectivity index (χ1n) is 8.88. The number of carbonyl (C=O) groups excluding carboxylic acids is 2. The summed E-state index contributed by atoms with van der Waals surface area (Å²) in [7, 11) is 1.32. The molecule has 0 spiro atoms. The third kappa shape index (κ3) is 4.76. The number of esters is 1. The van der Waals surface area contributed by atoms with E-state index >= 15 is 0 Å². The Bertz CT molecular complexity index is 935. The van der Waals surface area contributed by atoms with Crippen LogP contribution in [0.2, 0.25) is 0 Å². The van der Waals surface area contributed by atoms with Crippen LogP contribution in [0.25, 0.3) is 11.1 Å². The molecule has 0 fully saturated rings. The highest BCUT2D eigenvalue weighted by molar-refractivity contribution is 5.95. The number of anilines is 1. The van der Waals surface area contributed by atoms with Gasteiger partial charge in [-0.3, -0.25) is 4.79 Å². The molecule has 0 saturated heterocycles. The molecule has 0 radical (unpaired) electrons. The Morgan fingerprint density at radius 2 is 1.43 bits per heavy atom. The molecule has 5 heteroatoms. The molecule has 142 valence electrons. The van der Waals surface area contributed by atoms with Crippen molar-refractivity contribution in [2.45, 2.75) is 13.0 Å². The zero-order chi connectivity index (χ0) is 19.9. The number of rotatable bonds is 6.